The number of nitrogens with zero attached hydrogens (tertiary/aromatic N) is 1. The van der Waals surface area contributed by atoms with Crippen LogP contribution >= 0.6 is 0 Å². The van der Waals surface area contributed by atoms with E-state index < -0.39 is 0 Å². The van der Waals surface area contributed by atoms with Gasteiger partial charge in [-0.2, -0.15) is 5.26 Å². The van der Waals surface area contributed by atoms with Gasteiger partial charge in [0.1, 0.15) is 6.07 Å². The summed E-state index contributed by atoms with van der Waals surface area (Å²) in [5, 5.41) is 16.4. The van der Waals surface area contributed by atoms with Gasteiger partial charge in [-0.3, -0.25) is 4.79 Å². The van der Waals surface area contributed by atoms with Crippen LogP contribution in [0.3, 0.4) is 0 Å². The number of unbranched alkanes of at least 4 members (excludes halogenated alkanes) is 1. The van der Waals surface area contributed by atoms with Gasteiger partial charge in [0.2, 0.25) is 0 Å². The van der Waals surface area contributed by atoms with Crippen molar-refractivity contribution in [2.24, 2.45) is 0 Å². The first-order chi connectivity index (χ1) is 5.31. The molecule has 1 N–H and O–H groups in total. The van der Waals surface area contributed by atoms with Gasteiger partial charge >= 0.3 is 5.97 Å². The Kier molecular flexibility index (Phi) is 6.34. The third kappa shape index (κ3) is 6.81. The van der Waals surface area contributed by atoms with E-state index in [1.54, 1.807) is 6.07 Å². The number of ether oxygens (including phenoxy) is 1. The van der Waals surface area contributed by atoms with Gasteiger partial charge in [-0.05, 0) is 12.8 Å². The average Bonchev–Trinajstić information content (AvgIpc) is 2.01. The Morgan fingerprint density at radius 2 is 2.27 bits per heavy atom. The molecule has 0 aliphatic heterocycles. The third-order valence-corrected chi connectivity index (χ3v) is 1.09. The van der Waals surface area contributed by atoms with E-state index in [0.29, 0.717) is 12.8 Å². The van der Waals surface area contributed by atoms with Crippen molar-refractivity contribution < 1.29 is 14.6 Å². The zero-order valence-corrected chi connectivity index (χ0v) is 6.25. The molecule has 11 heavy (non-hydrogen) atoms. The van der Waals surface area contributed by atoms with E-state index in [1.165, 1.54) is 0 Å². The van der Waals surface area contributed by atoms with Crippen LogP contribution in [0.15, 0.2) is 0 Å². The molecule has 0 amide bonds. The first-order valence-electron chi connectivity index (χ1n) is 3.44. The Balaban J connectivity index is 3.17. The summed E-state index contributed by atoms with van der Waals surface area (Å²) < 4.78 is 4.46. The standard InChI is InChI=1S/C7H11NO3/c8-4-6-11-7(10)3-1-2-5-9/h9H,1-3,5-6H2. The zero-order valence-electron chi connectivity index (χ0n) is 6.25. The smallest absolute Gasteiger partial charge is 0.306 e. The second-order valence-electron chi connectivity index (χ2n) is 2.00. The summed E-state index contributed by atoms with van der Waals surface area (Å²) in [6.07, 6.45) is 1.49. The van der Waals surface area contributed by atoms with Gasteiger partial charge < -0.3 is 9.84 Å². The van der Waals surface area contributed by atoms with Crippen LogP contribution in [0, 0.1) is 11.3 Å². The summed E-state index contributed by atoms with van der Waals surface area (Å²) in [5.41, 5.74) is 0. The molecule has 0 aliphatic rings. The molecule has 0 bridgehead atoms. The lowest BCUT2D eigenvalue weighted by molar-refractivity contribution is -0.142. The highest BCUT2D eigenvalue weighted by Gasteiger charge is 2.00. The fourth-order valence-electron chi connectivity index (χ4n) is 0.566. The molecule has 4 nitrogen and oxygen atoms in total. The highest BCUT2D eigenvalue weighted by atomic mass is 16.5. The Morgan fingerprint density at radius 1 is 1.55 bits per heavy atom. The molecule has 0 saturated heterocycles. The van der Waals surface area contributed by atoms with E-state index in [9.17, 15) is 4.79 Å². The normalized spacial score (nSPS) is 8.73. The second-order valence-corrected chi connectivity index (χ2v) is 2.00. The minimum atomic E-state index is -0.375. The van der Waals surface area contributed by atoms with Crippen LogP contribution < -0.4 is 0 Å². The predicted molar refractivity (Wildman–Crippen MR) is 37.5 cm³/mol. The molecule has 0 aromatic carbocycles. The van der Waals surface area contributed by atoms with Gasteiger partial charge in [-0.1, -0.05) is 0 Å². The highest BCUT2D eigenvalue weighted by Crippen LogP contribution is 1.95. The molecule has 0 aromatic heterocycles. The largest absolute Gasteiger partial charge is 0.450 e. The Labute approximate surface area is 65.4 Å². The second kappa shape index (κ2) is 7.03. The molecule has 0 aliphatic carbocycles. The van der Waals surface area contributed by atoms with Crippen LogP contribution in [0.1, 0.15) is 19.3 Å². The van der Waals surface area contributed by atoms with Crippen molar-refractivity contribution in [1.29, 1.82) is 5.26 Å². The predicted octanol–water partition coefficient (Wildman–Crippen LogP) is 0.216. The van der Waals surface area contributed by atoms with Gasteiger partial charge in [-0.15, -0.1) is 0 Å². The maximum absolute atomic E-state index is 10.6. The van der Waals surface area contributed by atoms with Crippen LogP contribution in [0.2, 0.25) is 0 Å². The van der Waals surface area contributed by atoms with Crippen LogP contribution in [-0.4, -0.2) is 24.3 Å². The maximum Gasteiger partial charge on any atom is 0.306 e. The van der Waals surface area contributed by atoms with Gasteiger partial charge in [0, 0.05) is 13.0 Å². The van der Waals surface area contributed by atoms with Crippen molar-refractivity contribution in [1.82, 2.24) is 0 Å². The highest BCUT2D eigenvalue weighted by molar-refractivity contribution is 5.69. The monoisotopic (exact) mass is 157 g/mol. The molecule has 62 valence electrons. The van der Waals surface area contributed by atoms with Crippen molar-refractivity contribution in [3.8, 4) is 6.07 Å². The number of aliphatic hydroxyl groups excluding tert-OH is 1. The summed E-state index contributed by atoms with van der Waals surface area (Å²) in [6.45, 7) is -0.0938. The van der Waals surface area contributed by atoms with Crippen LogP contribution in [-0.2, 0) is 9.53 Å². The summed E-state index contributed by atoms with van der Waals surface area (Å²) in [5.74, 6) is -0.375. The van der Waals surface area contributed by atoms with E-state index in [-0.39, 0.29) is 25.6 Å². The Bertz CT molecular complexity index is 150. The molecular formula is C7H11NO3. The van der Waals surface area contributed by atoms with E-state index in [4.69, 9.17) is 10.4 Å². The van der Waals surface area contributed by atoms with Crippen molar-refractivity contribution in [3.05, 3.63) is 0 Å². The van der Waals surface area contributed by atoms with E-state index in [2.05, 4.69) is 4.74 Å². The Morgan fingerprint density at radius 3 is 2.82 bits per heavy atom. The number of nitriles is 1. The molecule has 0 rings (SSSR count). The first-order valence-corrected chi connectivity index (χ1v) is 3.44. The molecule has 0 radical (unpaired) electrons. The number of hydrogen-bond donors (Lipinski definition) is 1. The number of hydrogen-bond acceptors (Lipinski definition) is 4. The van der Waals surface area contributed by atoms with Gasteiger partial charge in [0.05, 0.1) is 0 Å². The summed E-state index contributed by atoms with van der Waals surface area (Å²) in [4.78, 5) is 10.6. The van der Waals surface area contributed by atoms with Crippen LogP contribution in [0.5, 0.6) is 0 Å². The molecule has 0 heterocycles. The lowest BCUT2D eigenvalue weighted by atomic mass is 10.2. The lowest BCUT2D eigenvalue weighted by Gasteiger charge is -1.97. The fraction of sp³-hybridized carbons (Fsp3) is 0.714. The molecule has 0 aromatic rings. The number of aliphatic hydroxyl groups is 1. The molecule has 0 saturated carbocycles. The molecule has 0 fully saturated rings. The summed E-state index contributed by atoms with van der Waals surface area (Å²) >= 11 is 0. The SMILES string of the molecule is N#CCOC(=O)CCCCO. The lowest BCUT2D eigenvalue weighted by Crippen LogP contribution is -2.04. The Hall–Kier alpha value is -1.08. The van der Waals surface area contributed by atoms with E-state index in [0.717, 1.165) is 0 Å². The van der Waals surface area contributed by atoms with Gasteiger partial charge in [0.25, 0.3) is 0 Å². The zero-order chi connectivity index (χ0) is 8.53. The van der Waals surface area contributed by atoms with E-state index >= 15 is 0 Å². The minimum Gasteiger partial charge on any atom is -0.450 e. The van der Waals surface area contributed by atoms with Gasteiger partial charge in [0.15, 0.2) is 6.61 Å². The fourth-order valence-corrected chi connectivity index (χ4v) is 0.566. The summed E-state index contributed by atoms with van der Waals surface area (Å²) in [6, 6.07) is 1.70. The van der Waals surface area contributed by atoms with Gasteiger partial charge in [-0.25, -0.2) is 0 Å². The molecule has 0 atom stereocenters. The maximum atomic E-state index is 10.6. The number of esters is 1. The van der Waals surface area contributed by atoms with Crippen LogP contribution in [0.25, 0.3) is 0 Å². The topological polar surface area (TPSA) is 70.3 Å². The minimum absolute atomic E-state index is 0.0888. The van der Waals surface area contributed by atoms with Crippen molar-refractivity contribution in [3.63, 3.8) is 0 Å². The van der Waals surface area contributed by atoms with E-state index in [1.807, 2.05) is 0 Å². The first kappa shape index (κ1) is 9.92. The number of carbonyl (C=O) groups excluding carboxylic acids is 1. The molecule has 0 unspecified atom stereocenters. The molecule has 4 heteroatoms. The summed E-state index contributed by atoms with van der Waals surface area (Å²) in [7, 11) is 0. The van der Waals surface area contributed by atoms with Crippen molar-refractivity contribution in [2.45, 2.75) is 19.3 Å². The molecule has 0 spiro atoms. The van der Waals surface area contributed by atoms with Crippen LogP contribution in [0.4, 0.5) is 0 Å². The number of carbonyl (C=O) groups is 1. The third-order valence-electron chi connectivity index (χ3n) is 1.09. The average molecular weight is 157 g/mol. The number of rotatable bonds is 5. The molecular weight excluding hydrogens is 146 g/mol. The quantitative estimate of drug-likeness (QED) is 0.457. The van der Waals surface area contributed by atoms with Crippen molar-refractivity contribution >= 4 is 5.97 Å². The van der Waals surface area contributed by atoms with Crippen molar-refractivity contribution in [2.75, 3.05) is 13.2 Å².